The molecule has 2 amide bonds. The standard InChI is InChI=1S/C17H30N2O2/c1-4-14-15(20)18-17(3,5-2)16(21)19(14)13-11-9-7-6-8-10-12-13/h13-14H,4-12H2,1-3H3,(H,18,20). The highest BCUT2D eigenvalue weighted by atomic mass is 16.2. The van der Waals surface area contributed by atoms with E-state index >= 15 is 0 Å². The fourth-order valence-corrected chi connectivity index (χ4v) is 3.72. The molecule has 0 aromatic heterocycles. The van der Waals surface area contributed by atoms with Gasteiger partial charge < -0.3 is 10.2 Å². The van der Waals surface area contributed by atoms with Gasteiger partial charge in [-0.1, -0.05) is 46.0 Å². The van der Waals surface area contributed by atoms with Gasteiger partial charge >= 0.3 is 0 Å². The van der Waals surface area contributed by atoms with Gasteiger partial charge in [0.2, 0.25) is 11.8 Å². The van der Waals surface area contributed by atoms with E-state index in [0.29, 0.717) is 12.8 Å². The average Bonchev–Trinajstić information content (AvgIpc) is 2.43. The number of nitrogens with zero attached hydrogens (tertiary/aromatic N) is 1. The molecular formula is C17H30N2O2. The number of carbonyl (C=O) groups is 2. The maximum absolute atomic E-state index is 13.0. The van der Waals surface area contributed by atoms with E-state index in [1.165, 1.54) is 32.1 Å². The Balaban J connectivity index is 2.25. The second-order valence-corrected chi connectivity index (χ2v) is 6.81. The lowest BCUT2D eigenvalue weighted by atomic mass is 9.87. The lowest BCUT2D eigenvalue weighted by molar-refractivity contribution is -0.158. The van der Waals surface area contributed by atoms with E-state index in [4.69, 9.17) is 0 Å². The Kier molecular flexibility index (Phi) is 5.28. The highest BCUT2D eigenvalue weighted by Crippen LogP contribution is 2.30. The van der Waals surface area contributed by atoms with E-state index in [1.807, 2.05) is 25.7 Å². The molecule has 1 aliphatic carbocycles. The van der Waals surface area contributed by atoms with Gasteiger partial charge in [0.25, 0.3) is 0 Å². The van der Waals surface area contributed by atoms with Crippen molar-refractivity contribution in [2.45, 2.75) is 96.2 Å². The lowest BCUT2D eigenvalue weighted by Gasteiger charge is -2.47. The summed E-state index contributed by atoms with van der Waals surface area (Å²) in [6.07, 6.45) is 9.63. The molecule has 2 rings (SSSR count). The van der Waals surface area contributed by atoms with Crippen molar-refractivity contribution < 1.29 is 9.59 Å². The largest absolute Gasteiger partial charge is 0.340 e. The van der Waals surface area contributed by atoms with Gasteiger partial charge in [-0.2, -0.15) is 0 Å². The number of hydrogen-bond acceptors (Lipinski definition) is 2. The molecule has 4 heteroatoms. The summed E-state index contributed by atoms with van der Waals surface area (Å²) >= 11 is 0. The second kappa shape index (κ2) is 6.80. The van der Waals surface area contributed by atoms with Gasteiger partial charge in [-0.25, -0.2) is 0 Å². The first-order chi connectivity index (χ1) is 10.0. The van der Waals surface area contributed by atoms with Gasteiger partial charge in [0, 0.05) is 6.04 Å². The van der Waals surface area contributed by atoms with Gasteiger partial charge in [-0.3, -0.25) is 9.59 Å². The monoisotopic (exact) mass is 294 g/mol. The normalized spacial score (nSPS) is 32.5. The van der Waals surface area contributed by atoms with Crippen LogP contribution in [0.1, 0.15) is 78.6 Å². The van der Waals surface area contributed by atoms with Crippen LogP contribution in [0.15, 0.2) is 0 Å². The topological polar surface area (TPSA) is 49.4 Å². The van der Waals surface area contributed by atoms with E-state index in [0.717, 1.165) is 12.8 Å². The number of hydrogen-bond donors (Lipinski definition) is 1. The van der Waals surface area contributed by atoms with Gasteiger partial charge in [-0.05, 0) is 32.6 Å². The van der Waals surface area contributed by atoms with Crippen LogP contribution >= 0.6 is 0 Å². The molecule has 0 radical (unpaired) electrons. The predicted molar refractivity (Wildman–Crippen MR) is 83.9 cm³/mol. The molecule has 120 valence electrons. The Morgan fingerprint density at radius 3 is 2.19 bits per heavy atom. The van der Waals surface area contributed by atoms with Crippen LogP contribution < -0.4 is 5.32 Å². The van der Waals surface area contributed by atoms with E-state index in [1.54, 1.807) is 0 Å². The van der Waals surface area contributed by atoms with Crippen molar-refractivity contribution >= 4 is 11.8 Å². The Labute approximate surface area is 128 Å². The molecule has 0 bridgehead atoms. The lowest BCUT2D eigenvalue weighted by Crippen LogP contribution is -2.70. The van der Waals surface area contributed by atoms with Gasteiger partial charge in [0.1, 0.15) is 11.6 Å². The zero-order valence-electron chi connectivity index (χ0n) is 13.8. The fourth-order valence-electron chi connectivity index (χ4n) is 3.72. The van der Waals surface area contributed by atoms with Crippen molar-refractivity contribution in [3.8, 4) is 0 Å². The molecule has 0 aromatic rings. The van der Waals surface area contributed by atoms with Gasteiger partial charge in [0.15, 0.2) is 0 Å². The van der Waals surface area contributed by atoms with Crippen LogP contribution in [0.25, 0.3) is 0 Å². The highest BCUT2D eigenvalue weighted by molar-refractivity contribution is 5.99. The van der Waals surface area contributed by atoms with Crippen molar-refractivity contribution in [1.29, 1.82) is 0 Å². The van der Waals surface area contributed by atoms with Crippen LogP contribution in [0.5, 0.6) is 0 Å². The molecule has 1 heterocycles. The summed E-state index contributed by atoms with van der Waals surface area (Å²) in [6, 6.07) is -0.0266. The number of piperazine rings is 1. The zero-order chi connectivity index (χ0) is 15.5. The number of carbonyl (C=O) groups excluding carboxylic acids is 2. The van der Waals surface area contributed by atoms with Crippen LogP contribution in [-0.4, -0.2) is 34.3 Å². The summed E-state index contributed by atoms with van der Waals surface area (Å²) in [7, 11) is 0. The Bertz CT molecular complexity index is 388. The summed E-state index contributed by atoms with van der Waals surface area (Å²) in [5.41, 5.74) is -0.717. The molecule has 1 aliphatic heterocycles. The van der Waals surface area contributed by atoms with Crippen LogP contribution in [0.3, 0.4) is 0 Å². The molecular weight excluding hydrogens is 264 g/mol. The van der Waals surface area contributed by atoms with Gasteiger partial charge in [0.05, 0.1) is 0 Å². The molecule has 21 heavy (non-hydrogen) atoms. The summed E-state index contributed by atoms with van der Waals surface area (Å²) in [5, 5.41) is 2.96. The molecule has 4 nitrogen and oxygen atoms in total. The quantitative estimate of drug-likeness (QED) is 0.870. The smallest absolute Gasteiger partial charge is 0.248 e. The van der Waals surface area contributed by atoms with E-state index < -0.39 is 5.54 Å². The van der Waals surface area contributed by atoms with E-state index in [9.17, 15) is 9.59 Å². The van der Waals surface area contributed by atoms with Crippen molar-refractivity contribution in [2.75, 3.05) is 0 Å². The third-order valence-corrected chi connectivity index (χ3v) is 5.31. The van der Waals surface area contributed by atoms with Gasteiger partial charge in [-0.15, -0.1) is 0 Å². The molecule has 2 fully saturated rings. The van der Waals surface area contributed by atoms with E-state index in [2.05, 4.69) is 5.32 Å². The number of amides is 2. The first kappa shape index (κ1) is 16.3. The third kappa shape index (κ3) is 3.24. The minimum Gasteiger partial charge on any atom is -0.340 e. The maximum atomic E-state index is 13.0. The number of nitrogens with one attached hydrogen (secondary N) is 1. The molecule has 1 saturated carbocycles. The molecule has 2 atom stereocenters. The van der Waals surface area contributed by atoms with Crippen LogP contribution in [0.2, 0.25) is 0 Å². The Morgan fingerprint density at radius 2 is 1.67 bits per heavy atom. The molecule has 0 spiro atoms. The predicted octanol–water partition coefficient (Wildman–Crippen LogP) is 3.01. The molecule has 1 N–H and O–H groups in total. The van der Waals surface area contributed by atoms with Crippen molar-refractivity contribution in [1.82, 2.24) is 10.2 Å². The first-order valence-corrected chi connectivity index (χ1v) is 8.68. The highest BCUT2D eigenvalue weighted by Gasteiger charge is 2.48. The third-order valence-electron chi connectivity index (χ3n) is 5.31. The van der Waals surface area contributed by atoms with Crippen molar-refractivity contribution in [3.63, 3.8) is 0 Å². The SMILES string of the molecule is CCC1C(=O)NC(C)(CC)C(=O)N1C1CCCCCCC1. The summed E-state index contributed by atoms with van der Waals surface area (Å²) in [4.78, 5) is 27.4. The van der Waals surface area contributed by atoms with Crippen molar-refractivity contribution in [2.24, 2.45) is 0 Å². The fraction of sp³-hybridized carbons (Fsp3) is 0.882. The zero-order valence-corrected chi connectivity index (χ0v) is 13.8. The average molecular weight is 294 g/mol. The van der Waals surface area contributed by atoms with Crippen LogP contribution in [0.4, 0.5) is 0 Å². The molecule has 2 unspecified atom stereocenters. The Morgan fingerprint density at radius 1 is 1.10 bits per heavy atom. The van der Waals surface area contributed by atoms with Crippen molar-refractivity contribution in [3.05, 3.63) is 0 Å². The van der Waals surface area contributed by atoms with Crippen LogP contribution in [0, 0.1) is 0 Å². The molecule has 1 saturated heterocycles. The minimum atomic E-state index is -0.717. The summed E-state index contributed by atoms with van der Waals surface area (Å²) in [5.74, 6) is 0.158. The summed E-state index contributed by atoms with van der Waals surface area (Å²) in [6.45, 7) is 5.85. The number of rotatable bonds is 3. The summed E-state index contributed by atoms with van der Waals surface area (Å²) < 4.78 is 0. The second-order valence-electron chi connectivity index (χ2n) is 6.81. The van der Waals surface area contributed by atoms with E-state index in [-0.39, 0.29) is 23.9 Å². The van der Waals surface area contributed by atoms with Crippen LogP contribution in [-0.2, 0) is 9.59 Å². The first-order valence-electron chi connectivity index (χ1n) is 8.68. The maximum Gasteiger partial charge on any atom is 0.248 e. The molecule has 2 aliphatic rings. The Hall–Kier alpha value is -1.06. The molecule has 0 aromatic carbocycles. The minimum absolute atomic E-state index is 0.0310.